The average Bonchev–Trinajstić information content (AvgIpc) is 2.32. The Bertz CT molecular complexity index is 274. The summed E-state index contributed by atoms with van der Waals surface area (Å²) in [4.78, 5) is 14.2. The zero-order chi connectivity index (χ0) is 13.0. The quantitative estimate of drug-likeness (QED) is 0.792. The van der Waals surface area contributed by atoms with Gasteiger partial charge in [-0.1, -0.05) is 6.92 Å². The van der Waals surface area contributed by atoms with Gasteiger partial charge >= 0.3 is 0 Å². The number of hydrogen-bond donors (Lipinski definition) is 2. The van der Waals surface area contributed by atoms with Gasteiger partial charge in [-0.15, -0.1) is 0 Å². The number of rotatable bonds is 3. The summed E-state index contributed by atoms with van der Waals surface area (Å²) in [5.41, 5.74) is 5.93. The van der Waals surface area contributed by atoms with E-state index in [0.29, 0.717) is 12.6 Å². The van der Waals surface area contributed by atoms with Crippen molar-refractivity contribution >= 4 is 5.91 Å². The van der Waals surface area contributed by atoms with Gasteiger partial charge in [0, 0.05) is 18.6 Å². The van der Waals surface area contributed by atoms with E-state index in [1.807, 2.05) is 0 Å². The molecule has 4 heteroatoms. The first-order chi connectivity index (χ1) is 8.63. The van der Waals surface area contributed by atoms with E-state index in [4.69, 9.17) is 5.73 Å². The summed E-state index contributed by atoms with van der Waals surface area (Å²) in [5.74, 6) is 1.02. The fourth-order valence-electron chi connectivity index (χ4n) is 3.12. The van der Waals surface area contributed by atoms with Crippen LogP contribution in [-0.4, -0.2) is 42.5 Å². The highest BCUT2D eigenvalue weighted by Gasteiger charge is 2.22. The third-order valence-corrected chi connectivity index (χ3v) is 4.29. The number of hydrogen-bond acceptors (Lipinski definition) is 3. The highest BCUT2D eigenvalue weighted by Crippen LogP contribution is 2.23. The maximum absolute atomic E-state index is 12.0. The number of piperidine rings is 1. The van der Waals surface area contributed by atoms with Crippen molar-refractivity contribution in [2.45, 2.75) is 57.5 Å². The van der Waals surface area contributed by atoms with E-state index in [9.17, 15) is 4.79 Å². The third-order valence-electron chi connectivity index (χ3n) is 4.29. The first-order valence-electron chi connectivity index (χ1n) is 7.41. The van der Waals surface area contributed by atoms with Crippen LogP contribution in [0.15, 0.2) is 0 Å². The number of carbonyl (C=O) groups excluding carboxylic acids is 1. The van der Waals surface area contributed by atoms with Crippen molar-refractivity contribution < 1.29 is 4.79 Å². The third kappa shape index (κ3) is 4.25. The van der Waals surface area contributed by atoms with Crippen molar-refractivity contribution in [3.05, 3.63) is 0 Å². The highest BCUT2D eigenvalue weighted by atomic mass is 16.2. The molecule has 2 fully saturated rings. The van der Waals surface area contributed by atoms with E-state index in [1.54, 1.807) is 0 Å². The van der Waals surface area contributed by atoms with E-state index in [0.717, 1.165) is 44.7 Å². The lowest BCUT2D eigenvalue weighted by molar-refractivity contribution is -0.123. The number of carbonyl (C=O) groups is 1. The Labute approximate surface area is 110 Å². The number of likely N-dealkylation sites (tertiary alicyclic amines) is 1. The van der Waals surface area contributed by atoms with Crippen molar-refractivity contribution in [3.63, 3.8) is 0 Å². The van der Waals surface area contributed by atoms with E-state index in [2.05, 4.69) is 17.1 Å². The Hall–Kier alpha value is -0.610. The Morgan fingerprint density at radius 1 is 1.28 bits per heavy atom. The van der Waals surface area contributed by atoms with Crippen LogP contribution >= 0.6 is 0 Å². The van der Waals surface area contributed by atoms with Gasteiger partial charge in [0.05, 0.1) is 6.54 Å². The molecule has 4 nitrogen and oxygen atoms in total. The minimum atomic E-state index is 0.184. The van der Waals surface area contributed by atoms with E-state index in [1.165, 1.54) is 12.8 Å². The molecule has 0 radical (unpaired) electrons. The smallest absolute Gasteiger partial charge is 0.234 e. The van der Waals surface area contributed by atoms with Crippen LogP contribution in [0.4, 0.5) is 0 Å². The first-order valence-corrected chi connectivity index (χ1v) is 7.41. The molecule has 1 atom stereocenters. The summed E-state index contributed by atoms with van der Waals surface area (Å²) in [6.07, 6.45) is 7.01. The lowest BCUT2D eigenvalue weighted by Gasteiger charge is -2.31. The van der Waals surface area contributed by atoms with Gasteiger partial charge in [-0.3, -0.25) is 9.69 Å². The zero-order valence-electron chi connectivity index (χ0n) is 11.5. The lowest BCUT2D eigenvalue weighted by atomic mass is 9.87. The molecule has 104 valence electrons. The largest absolute Gasteiger partial charge is 0.352 e. The monoisotopic (exact) mass is 253 g/mol. The number of nitrogens with two attached hydrogens (primary N) is 1. The minimum Gasteiger partial charge on any atom is -0.352 e. The van der Waals surface area contributed by atoms with Gasteiger partial charge in [-0.05, 0) is 51.0 Å². The Balaban J connectivity index is 1.68. The molecule has 0 unspecified atom stereocenters. The second-order valence-electron chi connectivity index (χ2n) is 6.16. The maximum Gasteiger partial charge on any atom is 0.234 e. The van der Waals surface area contributed by atoms with Crippen LogP contribution in [0.1, 0.15) is 45.4 Å². The molecule has 0 spiro atoms. The SMILES string of the molecule is CC1CCC(NC(=O)CN2CCC[C@@H](N)C2)CC1. The topological polar surface area (TPSA) is 58.4 Å². The van der Waals surface area contributed by atoms with Crippen molar-refractivity contribution in [3.8, 4) is 0 Å². The van der Waals surface area contributed by atoms with Crippen molar-refractivity contribution in [2.24, 2.45) is 11.7 Å². The van der Waals surface area contributed by atoms with Crippen LogP contribution in [-0.2, 0) is 4.79 Å². The van der Waals surface area contributed by atoms with Gasteiger partial charge in [0.1, 0.15) is 0 Å². The molecule has 1 amide bonds. The second-order valence-corrected chi connectivity index (χ2v) is 6.16. The number of nitrogens with zero attached hydrogens (tertiary/aromatic N) is 1. The molecule has 3 N–H and O–H groups in total. The van der Waals surface area contributed by atoms with Crippen LogP contribution in [0, 0.1) is 5.92 Å². The normalized spacial score (nSPS) is 34.2. The summed E-state index contributed by atoms with van der Waals surface area (Å²) >= 11 is 0. The van der Waals surface area contributed by atoms with Gasteiger partial charge in [-0.2, -0.15) is 0 Å². The fourth-order valence-corrected chi connectivity index (χ4v) is 3.12. The Morgan fingerprint density at radius 2 is 2.00 bits per heavy atom. The van der Waals surface area contributed by atoms with E-state index in [-0.39, 0.29) is 11.9 Å². The van der Waals surface area contributed by atoms with Gasteiger partial charge in [-0.25, -0.2) is 0 Å². The van der Waals surface area contributed by atoms with E-state index < -0.39 is 0 Å². The molecular weight excluding hydrogens is 226 g/mol. The van der Waals surface area contributed by atoms with Gasteiger partial charge in [0.2, 0.25) is 5.91 Å². The predicted molar refractivity (Wildman–Crippen MR) is 73.2 cm³/mol. The summed E-state index contributed by atoms with van der Waals surface area (Å²) in [7, 11) is 0. The summed E-state index contributed by atoms with van der Waals surface area (Å²) < 4.78 is 0. The Morgan fingerprint density at radius 3 is 2.67 bits per heavy atom. The van der Waals surface area contributed by atoms with E-state index >= 15 is 0 Å². The van der Waals surface area contributed by atoms with Gasteiger partial charge < -0.3 is 11.1 Å². The van der Waals surface area contributed by atoms with Crippen molar-refractivity contribution in [1.29, 1.82) is 0 Å². The molecule has 0 aromatic heterocycles. The molecule has 1 saturated heterocycles. The second kappa shape index (κ2) is 6.53. The Kier molecular flexibility index (Phi) is 5.01. The van der Waals surface area contributed by atoms with Crippen LogP contribution < -0.4 is 11.1 Å². The minimum absolute atomic E-state index is 0.184. The van der Waals surface area contributed by atoms with Crippen LogP contribution in [0.25, 0.3) is 0 Å². The molecule has 1 heterocycles. The van der Waals surface area contributed by atoms with Crippen molar-refractivity contribution in [1.82, 2.24) is 10.2 Å². The summed E-state index contributed by atoms with van der Waals surface area (Å²) in [6, 6.07) is 0.661. The van der Waals surface area contributed by atoms with Crippen LogP contribution in [0.5, 0.6) is 0 Å². The standard InChI is InChI=1S/C14H27N3O/c1-11-4-6-13(7-5-11)16-14(18)10-17-8-2-3-12(15)9-17/h11-13H,2-10,15H2,1H3,(H,16,18)/t11?,12-,13?/m1/s1. The number of nitrogens with one attached hydrogen (secondary N) is 1. The molecular formula is C14H27N3O. The molecule has 1 aliphatic heterocycles. The zero-order valence-corrected chi connectivity index (χ0v) is 11.5. The fraction of sp³-hybridized carbons (Fsp3) is 0.929. The van der Waals surface area contributed by atoms with Crippen LogP contribution in [0.3, 0.4) is 0 Å². The van der Waals surface area contributed by atoms with Gasteiger partial charge in [0.25, 0.3) is 0 Å². The summed E-state index contributed by atoms with van der Waals surface area (Å²) in [5, 5.41) is 3.18. The van der Waals surface area contributed by atoms with Gasteiger partial charge in [0.15, 0.2) is 0 Å². The maximum atomic E-state index is 12.0. The van der Waals surface area contributed by atoms with Crippen LogP contribution in [0.2, 0.25) is 0 Å². The highest BCUT2D eigenvalue weighted by molar-refractivity contribution is 5.78. The molecule has 1 aliphatic carbocycles. The molecule has 0 aromatic rings. The molecule has 2 rings (SSSR count). The first kappa shape index (κ1) is 13.8. The molecule has 18 heavy (non-hydrogen) atoms. The van der Waals surface area contributed by atoms with Crippen molar-refractivity contribution in [2.75, 3.05) is 19.6 Å². The average molecular weight is 253 g/mol. The predicted octanol–water partition coefficient (Wildman–Crippen LogP) is 1.10. The summed E-state index contributed by atoms with van der Waals surface area (Å²) in [6.45, 7) is 4.71. The molecule has 0 bridgehead atoms. The lowest BCUT2D eigenvalue weighted by Crippen LogP contribution is -2.48. The number of amides is 1. The molecule has 0 aromatic carbocycles. The molecule has 2 aliphatic rings. The molecule has 1 saturated carbocycles.